The standard InChI is InChI=1S/C10H8F2O/c1-2-8-4-6-3-7(11)5-9(12)10(6)13-8/h3-5H,2H2,1H3. The summed E-state index contributed by atoms with van der Waals surface area (Å²) in [5.41, 5.74) is 0.137. The van der Waals surface area contributed by atoms with Gasteiger partial charge in [-0.05, 0) is 12.1 Å². The van der Waals surface area contributed by atoms with Crippen LogP contribution >= 0.6 is 0 Å². The van der Waals surface area contributed by atoms with Crippen molar-refractivity contribution >= 4 is 11.0 Å². The second-order valence-electron chi connectivity index (χ2n) is 2.87. The maximum absolute atomic E-state index is 13.1. The molecule has 1 nitrogen and oxygen atoms in total. The van der Waals surface area contributed by atoms with E-state index in [-0.39, 0.29) is 5.58 Å². The summed E-state index contributed by atoms with van der Waals surface area (Å²) in [6, 6.07) is 3.74. The lowest BCUT2D eigenvalue weighted by Crippen LogP contribution is -1.78. The minimum atomic E-state index is -0.644. The largest absolute Gasteiger partial charge is 0.458 e. The summed E-state index contributed by atoms with van der Waals surface area (Å²) in [6.07, 6.45) is 0.676. The zero-order valence-corrected chi connectivity index (χ0v) is 7.10. The van der Waals surface area contributed by atoms with Crippen LogP contribution in [-0.2, 0) is 6.42 Å². The highest BCUT2D eigenvalue weighted by Crippen LogP contribution is 2.23. The Kier molecular flexibility index (Phi) is 1.79. The Labute approximate surface area is 74.0 Å². The van der Waals surface area contributed by atoms with E-state index in [0.29, 0.717) is 17.6 Å². The molecule has 0 radical (unpaired) electrons. The first kappa shape index (κ1) is 8.23. The fourth-order valence-electron chi connectivity index (χ4n) is 1.30. The van der Waals surface area contributed by atoms with Gasteiger partial charge in [0, 0.05) is 17.9 Å². The molecule has 0 aliphatic rings. The quantitative estimate of drug-likeness (QED) is 0.659. The number of furan rings is 1. The molecule has 2 rings (SSSR count). The second-order valence-corrected chi connectivity index (χ2v) is 2.87. The summed E-state index contributed by atoms with van der Waals surface area (Å²) in [7, 11) is 0. The maximum Gasteiger partial charge on any atom is 0.170 e. The van der Waals surface area contributed by atoms with E-state index in [1.165, 1.54) is 6.07 Å². The first-order valence-electron chi connectivity index (χ1n) is 4.08. The molecule has 1 aromatic heterocycles. The van der Waals surface area contributed by atoms with Crippen molar-refractivity contribution in [3.8, 4) is 0 Å². The summed E-state index contributed by atoms with van der Waals surface area (Å²) >= 11 is 0. The molecule has 0 atom stereocenters. The minimum Gasteiger partial charge on any atom is -0.458 e. The van der Waals surface area contributed by atoms with Crippen LogP contribution in [0.3, 0.4) is 0 Å². The van der Waals surface area contributed by atoms with E-state index in [9.17, 15) is 8.78 Å². The van der Waals surface area contributed by atoms with Crippen LogP contribution in [0.2, 0.25) is 0 Å². The number of halogens is 2. The van der Waals surface area contributed by atoms with Crippen LogP contribution in [0.15, 0.2) is 22.6 Å². The van der Waals surface area contributed by atoms with E-state index in [4.69, 9.17) is 4.42 Å². The lowest BCUT2D eigenvalue weighted by Gasteiger charge is -1.90. The Morgan fingerprint density at radius 2 is 2.00 bits per heavy atom. The third-order valence-electron chi connectivity index (χ3n) is 1.94. The number of rotatable bonds is 1. The van der Waals surface area contributed by atoms with Crippen molar-refractivity contribution in [2.24, 2.45) is 0 Å². The zero-order chi connectivity index (χ0) is 9.42. The molecule has 0 spiro atoms. The average Bonchev–Trinajstić information content (AvgIpc) is 2.47. The molecule has 0 fully saturated rings. The fourth-order valence-corrected chi connectivity index (χ4v) is 1.30. The topological polar surface area (TPSA) is 13.1 Å². The molecule has 13 heavy (non-hydrogen) atoms. The molecule has 0 saturated carbocycles. The second kappa shape index (κ2) is 2.83. The molecular weight excluding hydrogens is 174 g/mol. The highest BCUT2D eigenvalue weighted by molar-refractivity contribution is 5.78. The molecule has 0 N–H and O–H groups in total. The highest BCUT2D eigenvalue weighted by Gasteiger charge is 2.08. The smallest absolute Gasteiger partial charge is 0.170 e. The first-order valence-corrected chi connectivity index (χ1v) is 4.08. The van der Waals surface area contributed by atoms with Gasteiger partial charge in [-0.15, -0.1) is 0 Å². The van der Waals surface area contributed by atoms with Crippen molar-refractivity contribution in [3.63, 3.8) is 0 Å². The summed E-state index contributed by atoms with van der Waals surface area (Å²) in [6.45, 7) is 1.89. The Bertz CT molecular complexity index is 445. The average molecular weight is 182 g/mol. The molecule has 0 saturated heterocycles. The fraction of sp³-hybridized carbons (Fsp3) is 0.200. The third kappa shape index (κ3) is 1.30. The molecule has 0 aliphatic carbocycles. The van der Waals surface area contributed by atoms with E-state index in [0.717, 1.165) is 6.07 Å². The predicted molar refractivity (Wildman–Crippen MR) is 45.5 cm³/mol. The van der Waals surface area contributed by atoms with Crippen LogP contribution in [0.25, 0.3) is 11.0 Å². The molecule has 3 heteroatoms. The van der Waals surface area contributed by atoms with Gasteiger partial charge >= 0.3 is 0 Å². The molecule has 2 aromatic rings. The summed E-state index contributed by atoms with van der Waals surface area (Å²) in [5, 5.41) is 0.481. The van der Waals surface area contributed by atoms with Crippen molar-refractivity contribution < 1.29 is 13.2 Å². The normalized spacial score (nSPS) is 11.0. The van der Waals surface area contributed by atoms with Crippen molar-refractivity contribution in [2.75, 3.05) is 0 Å². The monoisotopic (exact) mass is 182 g/mol. The van der Waals surface area contributed by atoms with Gasteiger partial charge in [0.2, 0.25) is 0 Å². The van der Waals surface area contributed by atoms with Gasteiger partial charge in [-0.25, -0.2) is 8.78 Å². The zero-order valence-electron chi connectivity index (χ0n) is 7.10. The van der Waals surface area contributed by atoms with E-state index >= 15 is 0 Å². The van der Waals surface area contributed by atoms with Crippen molar-refractivity contribution in [2.45, 2.75) is 13.3 Å². The summed E-state index contributed by atoms with van der Waals surface area (Å²) < 4.78 is 31.0. The lowest BCUT2D eigenvalue weighted by atomic mass is 10.2. The SMILES string of the molecule is CCc1cc2cc(F)cc(F)c2o1. The van der Waals surface area contributed by atoms with E-state index in [1.54, 1.807) is 6.07 Å². The Balaban J connectivity index is 2.75. The van der Waals surface area contributed by atoms with Gasteiger partial charge in [-0.1, -0.05) is 6.92 Å². The number of aryl methyl sites for hydroxylation is 1. The van der Waals surface area contributed by atoms with Crippen LogP contribution in [-0.4, -0.2) is 0 Å². The van der Waals surface area contributed by atoms with Gasteiger partial charge in [0.1, 0.15) is 11.6 Å². The van der Waals surface area contributed by atoms with Crippen molar-refractivity contribution in [3.05, 3.63) is 35.6 Å². The molecule has 0 bridgehead atoms. The summed E-state index contributed by atoms with van der Waals surface area (Å²) in [5.74, 6) is -0.553. The summed E-state index contributed by atoms with van der Waals surface area (Å²) in [4.78, 5) is 0. The van der Waals surface area contributed by atoms with Crippen LogP contribution in [0, 0.1) is 11.6 Å². The highest BCUT2D eigenvalue weighted by atomic mass is 19.1. The van der Waals surface area contributed by atoms with Crippen LogP contribution < -0.4 is 0 Å². The molecule has 1 heterocycles. The lowest BCUT2D eigenvalue weighted by molar-refractivity contribution is 0.518. The van der Waals surface area contributed by atoms with Gasteiger partial charge in [0.25, 0.3) is 0 Å². The van der Waals surface area contributed by atoms with E-state index in [2.05, 4.69) is 0 Å². The number of hydrogen-bond donors (Lipinski definition) is 0. The van der Waals surface area contributed by atoms with Crippen LogP contribution in [0.4, 0.5) is 8.78 Å². The van der Waals surface area contributed by atoms with Crippen LogP contribution in [0.5, 0.6) is 0 Å². The van der Waals surface area contributed by atoms with E-state index in [1.807, 2.05) is 6.92 Å². The van der Waals surface area contributed by atoms with Crippen molar-refractivity contribution in [1.82, 2.24) is 0 Å². The van der Waals surface area contributed by atoms with Crippen LogP contribution in [0.1, 0.15) is 12.7 Å². The number of hydrogen-bond acceptors (Lipinski definition) is 1. The third-order valence-corrected chi connectivity index (χ3v) is 1.94. The van der Waals surface area contributed by atoms with Gasteiger partial charge in [0.15, 0.2) is 11.4 Å². The Morgan fingerprint density at radius 1 is 1.23 bits per heavy atom. The van der Waals surface area contributed by atoms with E-state index < -0.39 is 11.6 Å². The molecular formula is C10H8F2O. The van der Waals surface area contributed by atoms with Gasteiger partial charge in [-0.2, -0.15) is 0 Å². The number of benzene rings is 1. The van der Waals surface area contributed by atoms with Crippen molar-refractivity contribution in [1.29, 1.82) is 0 Å². The number of fused-ring (bicyclic) bond motifs is 1. The Hall–Kier alpha value is -1.38. The Morgan fingerprint density at radius 3 is 2.69 bits per heavy atom. The van der Waals surface area contributed by atoms with Gasteiger partial charge in [-0.3, -0.25) is 0 Å². The minimum absolute atomic E-state index is 0.137. The first-order chi connectivity index (χ1) is 6.20. The molecule has 0 aliphatic heterocycles. The predicted octanol–water partition coefficient (Wildman–Crippen LogP) is 3.27. The molecule has 0 unspecified atom stereocenters. The maximum atomic E-state index is 13.1. The molecule has 1 aromatic carbocycles. The molecule has 0 amide bonds. The molecule has 68 valence electrons. The van der Waals surface area contributed by atoms with Gasteiger partial charge in [0.05, 0.1) is 0 Å². The van der Waals surface area contributed by atoms with Gasteiger partial charge < -0.3 is 4.42 Å².